The number of aliphatic hydroxyl groups excluding tert-OH is 1. The van der Waals surface area contributed by atoms with Crippen molar-refractivity contribution >= 4 is 65.0 Å². The van der Waals surface area contributed by atoms with Gasteiger partial charge in [0.15, 0.2) is 0 Å². The Balaban J connectivity index is 3.06. The second kappa shape index (κ2) is 38.5. The average Bonchev–Trinajstić information content (AvgIpc) is 0.818. The monoisotopic (exact) mass is 1330 g/mol. The lowest BCUT2D eigenvalue weighted by atomic mass is 9.91. The van der Waals surface area contributed by atoms with Crippen molar-refractivity contribution in [3.63, 3.8) is 0 Å². The largest absolute Gasteiger partial charge is 0.390 e. The van der Waals surface area contributed by atoms with Crippen molar-refractivity contribution in [2.75, 3.05) is 89.3 Å². The molecule has 0 aromatic heterocycles. The molecule has 94 heavy (non-hydrogen) atoms. The highest BCUT2D eigenvalue weighted by molar-refractivity contribution is 6.00. The van der Waals surface area contributed by atoms with Crippen LogP contribution in [-0.2, 0) is 62.2 Å². The van der Waals surface area contributed by atoms with Crippen LogP contribution in [0.3, 0.4) is 0 Å². The molecular formula is C68H122N12O14. The van der Waals surface area contributed by atoms with Crippen LogP contribution in [0.2, 0.25) is 0 Å². The number of carbonyl (C=O) groups excluding carboxylic acids is 11. The van der Waals surface area contributed by atoms with Gasteiger partial charge in [-0.3, -0.25) is 57.6 Å². The number of hydrogen-bond donors (Lipinski definition) is 5. The average molecular weight is 1330 g/mol. The van der Waals surface area contributed by atoms with Crippen molar-refractivity contribution in [3.05, 3.63) is 12.2 Å². The van der Waals surface area contributed by atoms with Gasteiger partial charge in [0, 0.05) is 76.1 Å². The Bertz CT molecular complexity index is 2580. The first-order valence-electron chi connectivity index (χ1n) is 33.9. The third kappa shape index (κ3) is 22.7. The summed E-state index contributed by atoms with van der Waals surface area (Å²) in [5.41, 5.74) is 0. The fourth-order valence-electron chi connectivity index (χ4n) is 12.5. The summed E-state index contributed by atoms with van der Waals surface area (Å²) in [5.74, 6) is -10.5. The summed E-state index contributed by atoms with van der Waals surface area (Å²) in [7, 11) is 11.5. The van der Waals surface area contributed by atoms with Crippen LogP contribution in [0, 0.1) is 41.4 Å². The second-order valence-electron chi connectivity index (χ2n) is 28.5. The Labute approximate surface area is 562 Å². The van der Waals surface area contributed by atoms with E-state index < -0.39 is 161 Å². The number of hydrogen-bond acceptors (Lipinski definition) is 15. The van der Waals surface area contributed by atoms with E-state index in [0.29, 0.717) is 32.7 Å². The normalized spacial score (nSPS) is 28.5. The zero-order chi connectivity index (χ0) is 72.2. The Morgan fingerprint density at radius 3 is 1.51 bits per heavy atom. The molecule has 0 unspecified atom stereocenters. The van der Waals surface area contributed by atoms with Gasteiger partial charge in [0.25, 0.3) is 0 Å². The molecule has 0 aromatic rings. The SMILES string of the molecule is C/C=C/C[C@@H](C)[C@@H](O)[C@H]1C(=O)N[C@@H](CC)C(=O)N(C)[C@H](C)C(=O)N(C)[C@@H]([C@H](C)CN2CCO[C@H](COC)C2)C(=O)N[C@@H](C(C)C)C(=O)N(C)[C@@H](CC(C)C)C(=O)N[C@@H](C)C(=O)N[C@H](C)C(=O)N(C)[C@@H](CC(C)C)C(=O)N(C)[C@@H](CC(C)C)C(=O)N(C)[C@@H](C(C)C)C(=O)N1C. The van der Waals surface area contributed by atoms with Gasteiger partial charge in [-0.15, -0.1) is 0 Å². The third-order valence-electron chi connectivity index (χ3n) is 18.4. The quantitative estimate of drug-likeness (QED) is 0.123. The number of allylic oxidation sites excluding steroid dienone is 2. The van der Waals surface area contributed by atoms with E-state index in [1.807, 2.05) is 47.6 Å². The summed E-state index contributed by atoms with van der Waals surface area (Å²) < 4.78 is 11.3. The van der Waals surface area contributed by atoms with E-state index in [2.05, 4.69) is 26.2 Å². The molecule has 15 atom stereocenters. The molecule has 5 N–H and O–H groups in total. The maximum atomic E-state index is 15.3. The van der Waals surface area contributed by atoms with Crippen molar-refractivity contribution in [1.82, 2.24) is 60.5 Å². The molecule has 2 saturated heterocycles. The number of nitrogens with one attached hydrogen (secondary N) is 4. The first kappa shape index (κ1) is 83.8. The summed E-state index contributed by atoms with van der Waals surface area (Å²) in [6.07, 6.45) is 2.52. The number of amides is 11. The van der Waals surface area contributed by atoms with Crippen molar-refractivity contribution in [3.8, 4) is 0 Å². The molecule has 0 saturated carbocycles. The first-order valence-corrected chi connectivity index (χ1v) is 33.9. The topological polar surface area (TPSA) is 300 Å². The van der Waals surface area contributed by atoms with Gasteiger partial charge in [-0.25, -0.2) is 0 Å². The molecule has 26 heteroatoms. The van der Waals surface area contributed by atoms with Gasteiger partial charge in [-0.05, 0) is 101 Å². The van der Waals surface area contributed by atoms with Crippen LogP contribution in [0.15, 0.2) is 12.2 Å². The van der Waals surface area contributed by atoms with Gasteiger partial charge in [-0.2, -0.15) is 0 Å². The Hall–Kier alpha value is -6.25. The minimum atomic E-state index is -1.64. The number of aliphatic hydroxyl groups is 1. The fourth-order valence-corrected chi connectivity index (χ4v) is 12.5. The van der Waals surface area contributed by atoms with Gasteiger partial charge in [0.2, 0.25) is 65.0 Å². The molecule has 0 bridgehead atoms. The van der Waals surface area contributed by atoms with Crippen LogP contribution in [-0.4, -0.2) is 277 Å². The molecule has 0 radical (unpaired) electrons. The highest BCUT2D eigenvalue weighted by Gasteiger charge is 2.47. The van der Waals surface area contributed by atoms with Crippen LogP contribution >= 0.6 is 0 Å². The number of likely N-dealkylation sites (N-methyl/N-ethyl adjacent to an activating group) is 7. The first-order chi connectivity index (χ1) is 43.6. The van der Waals surface area contributed by atoms with Gasteiger partial charge < -0.3 is 70.1 Å². The van der Waals surface area contributed by atoms with E-state index in [1.54, 1.807) is 68.6 Å². The lowest BCUT2D eigenvalue weighted by molar-refractivity contribution is -0.157. The minimum Gasteiger partial charge on any atom is -0.390 e. The van der Waals surface area contributed by atoms with Crippen molar-refractivity contribution < 1.29 is 67.3 Å². The number of morpholine rings is 1. The fraction of sp³-hybridized carbons (Fsp3) is 0.809. The van der Waals surface area contributed by atoms with Crippen molar-refractivity contribution in [2.24, 2.45) is 41.4 Å². The van der Waals surface area contributed by atoms with E-state index in [4.69, 9.17) is 9.47 Å². The zero-order valence-electron chi connectivity index (χ0n) is 61.6. The van der Waals surface area contributed by atoms with Gasteiger partial charge in [0.05, 0.1) is 25.4 Å². The lowest BCUT2D eigenvalue weighted by Gasteiger charge is -2.41. The molecule has 2 aliphatic rings. The van der Waals surface area contributed by atoms with Gasteiger partial charge in [0.1, 0.15) is 66.5 Å². The minimum absolute atomic E-state index is 0.00489. The number of ether oxygens (including phenoxy) is 2. The number of rotatable bonds is 18. The van der Waals surface area contributed by atoms with Crippen LogP contribution in [0.1, 0.15) is 150 Å². The molecule has 538 valence electrons. The molecular weight excluding hydrogens is 1210 g/mol. The van der Waals surface area contributed by atoms with E-state index in [0.717, 1.165) is 9.80 Å². The van der Waals surface area contributed by atoms with Gasteiger partial charge >= 0.3 is 0 Å². The maximum Gasteiger partial charge on any atom is 0.246 e. The molecule has 26 nitrogen and oxygen atoms in total. The van der Waals surface area contributed by atoms with Crippen LogP contribution in [0.25, 0.3) is 0 Å². The molecule has 0 aromatic carbocycles. The smallest absolute Gasteiger partial charge is 0.246 e. The highest BCUT2D eigenvalue weighted by Crippen LogP contribution is 2.26. The summed E-state index contributed by atoms with van der Waals surface area (Å²) in [6.45, 7) is 31.4. The molecule has 11 amide bonds. The Morgan fingerprint density at radius 2 is 1.01 bits per heavy atom. The predicted molar refractivity (Wildman–Crippen MR) is 361 cm³/mol. The van der Waals surface area contributed by atoms with Crippen molar-refractivity contribution in [2.45, 2.75) is 228 Å². The molecule has 2 heterocycles. The molecule has 2 rings (SSSR count). The molecule has 0 aliphatic carbocycles. The van der Waals surface area contributed by atoms with Crippen LogP contribution in [0.5, 0.6) is 0 Å². The van der Waals surface area contributed by atoms with Crippen LogP contribution < -0.4 is 21.3 Å². The van der Waals surface area contributed by atoms with Crippen LogP contribution in [0.4, 0.5) is 0 Å². The number of nitrogens with zero attached hydrogens (tertiary/aromatic N) is 8. The van der Waals surface area contributed by atoms with Crippen molar-refractivity contribution in [1.29, 1.82) is 0 Å². The molecule has 2 aliphatic heterocycles. The highest BCUT2D eigenvalue weighted by atomic mass is 16.5. The Kier molecular flexibility index (Phi) is 34.3. The lowest BCUT2D eigenvalue weighted by Crippen LogP contribution is -2.64. The zero-order valence-corrected chi connectivity index (χ0v) is 61.6. The number of methoxy groups -OCH3 is 1. The number of carbonyl (C=O) groups is 11. The van der Waals surface area contributed by atoms with E-state index in [1.165, 1.54) is 94.6 Å². The maximum absolute atomic E-state index is 15.3. The van der Waals surface area contributed by atoms with E-state index in [9.17, 15) is 29.1 Å². The predicted octanol–water partition coefficient (Wildman–Crippen LogP) is 2.59. The summed E-state index contributed by atoms with van der Waals surface area (Å²) in [5, 5.41) is 23.4. The van der Waals surface area contributed by atoms with Gasteiger partial charge in [-0.1, -0.05) is 102 Å². The standard InChI is InChI=1S/C68H122N12O14/c1-26-28-29-43(13)57(81)56-61(85)71-49(27-2)64(88)73(18)47(17)63(87)78(23)55(44(14)35-80-30-31-94-48(36-80)37-93-25)60(84)72-53(41(9)10)67(91)74(19)50(32-38(3)4)59(83)69-45(15)58(82)70-46(16)62(86)75(20)51(33-39(5)6)65(89)76(21)52(34-40(7)8)66(90)77(22)54(42(11)12)68(92)79(56)24/h26,28,38-57,81H,27,29-37H2,1-25H3,(H,69,83)(H,70,82)(H,71,85)(H,72,84)/b28-26+/t43-,44-,45+,46-,47-,48+,49+,50+,51+,52+,53+,54+,55+,56+,57-/m1/s1. The molecule has 2 fully saturated rings. The summed E-state index contributed by atoms with van der Waals surface area (Å²) in [6, 6.07) is -14.0. The van der Waals surface area contributed by atoms with E-state index in [-0.39, 0.29) is 56.1 Å². The van der Waals surface area contributed by atoms with E-state index >= 15 is 28.8 Å². The summed E-state index contributed by atoms with van der Waals surface area (Å²) >= 11 is 0. The molecule has 0 spiro atoms. The second-order valence-corrected chi connectivity index (χ2v) is 28.5. The Morgan fingerprint density at radius 1 is 0.532 bits per heavy atom. The summed E-state index contributed by atoms with van der Waals surface area (Å²) in [4.78, 5) is 174. The third-order valence-corrected chi connectivity index (χ3v) is 18.4.